The van der Waals surface area contributed by atoms with Gasteiger partial charge in [-0.3, -0.25) is 9.67 Å². The molecule has 0 amide bonds. The summed E-state index contributed by atoms with van der Waals surface area (Å²) in [6, 6.07) is 4.61. The molecule has 0 fully saturated rings. The lowest BCUT2D eigenvalue weighted by Gasteiger charge is -1.93. The van der Waals surface area contributed by atoms with Crippen molar-refractivity contribution in [2.75, 3.05) is 0 Å². The average Bonchev–Trinajstić information content (AvgIpc) is 2.44. The third kappa shape index (κ3) is 1.28. The van der Waals surface area contributed by atoms with E-state index in [-0.39, 0.29) is 5.82 Å². The molecule has 0 atom stereocenters. The largest absolute Gasteiger partial charge is 0.294 e. The van der Waals surface area contributed by atoms with Gasteiger partial charge in [-0.25, -0.2) is 4.39 Å². The van der Waals surface area contributed by atoms with E-state index in [2.05, 4.69) is 16.8 Å². The molecule has 0 N–H and O–H groups in total. The molecule has 72 valence electrons. The Kier molecular flexibility index (Phi) is 2.04. The van der Waals surface area contributed by atoms with Gasteiger partial charge >= 0.3 is 0 Å². The summed E-state index contributed by atoms with van der Waals surface area (Å²) in [4.78, 5) is 3.75. The van der Waals surface area contributed by atoms with Crippen molar-refractivity contribution in [3.63, 3.8) is 0 Å². The molecule has 0 aliphatic rings. The average molecular weight is 191 g/mol. The lowest BCUT2D eigenvalue weighted by molar-refractivity contribution is 0.629. The highest BCUT2D eigenvalue weighted by molar-refractivity contribution is 5.82. The molecule has 0 saturated carbocycles. The summed E-state index contributed by atoms with van der Waals surface area (Å²) >= 11 is 0. The van der Waals surface area contributed by atoms with Crippen LogP contribution in [0.25, 0.3) is 10.9 Å². The Balaban J connectivity index is 2.72. The quantitative estimate of drug-likeness (QED) is 0.667. The van der Waals surface area contributed by atoms with Crippen LogP contribution in [0.3, 0.4) is 0 Å². The summed E-state index contributed by atoms with van der Waals surface area (Å²) in [7, 11) is 1.83. The zero-order valence-corrected chi connectivity index (χ0v) is 7.87. The van der Waals surface area contributed by atoms with Crippen LogP contribution in [0.1, 0.15) is 5.69 Å². The fourth-order valence-corrected chi connectivity index (χ4v) is 1.53. The first-order valence-corrected chi connectivity index (χ1v) is 4.26. The molecule has 0 aliphatic heterocycles. The minimum Gasteiger partial charge on any atom is -0.294 e. The van der Waals surface area contributed by atoms with Crippen molar-refractivity contribution in [2.45, 2.75) is 6.54 Å². The molecule has 0 unspecified atom stereocenters. The Morgan fingerprint density at radius 1 is 1.57 bits per heavy atom. The van der Waals surface area contributed by atoms with Crippen LogP contribution in [0.4, 0.5) is 4.39 Å². The van der Waals surface area contributed by atoms with Gasteiger partial charge in [0.05, 0.1) is 17.8 Å². The van der Waals surface area contributed by atoms with Crippen LogP contribution < -0.4 is 0 Å². The van der Waals surface area contributed by atoms with E-state index in [1.807, 2.05) is 7.05 Å². The predicted octanol–water partition coefficient (Wildman–Crippen LogP) is 1.91. The monoisotopic (exact) mass is 191 g/mol. The lowest BCUT2D eigenvalue weighted by Crippen LogP contribution is -1.90. The number of hydrogen-bond acceptors (Lipinski definition) is 2. The molecule has 0 saturated heterocycles. The SMILES string of the molecule is C=NCc1nn(C)c2ccc(F)cc12. The van der Waals surface area contributed by atoms with E-state index in [4.69, 9.17) is 0 Å². The molecule has 3 nitrogen and oxygen atoms in total. The summed E-state index contributed by atoms with van der Waals surface area (Å²) in [5.41, 5.74) is 1.67. The number of hydrogen-bond donors (Lipinski definition) is 0. The number of aryl methyl sites for hydroxylation is 1. The van der Waals surface area contributed by atoms with Gasteiger partial charge in [-0.05, 0) is 24.9 Å². The predicted molar refractivity (Wildman–Crippen MR) is 53.9 cm³/mol. The molecule has 1 aromatic heterocycles. The number of benzene rings is 1. The van der Waals surface area contributed by atoms with Crippen LogP contribution in [0.15, 0.2) is 23.2 Å². The molecule has 0 radical (unpaired) electrons. The maximum absolute atomic E-state index is 13.0. The third-order valence-electron chi connectivity index (χ3n) is 2.15. The first kappa shape index (κ1) is 8.87. The van der Waals surface area contributed by atoms with E-state index >= 15 is 0 Å². The molecule has 0 aliphatic carbocycles. The zero-order valence-electron chi connectivity index (χ0n) is 7.87. The maximum Gasteiger partial charge on any atom is 0.124 e. The Labute approximate surface area is 80.9 Å². The van der Waals surface area contributed by atoms with Gasteiger partial charge in [0.2, 0.25) is 0 Å². The van der Waals surface area contributed by atoms with Crippen molar-refractivity contribution >= 4 is 17.6 Å². The van der Waals surface area contributed by atoms with Crippen LogP contribution in [-0.2, 0) is 13.6 Å². The van der Waals surface area contributed by atoms with Crippen LogP contribution in [0.5, 0.6) is 0 Å². The fraction of sp³-hybridized carbons (Fsp3) is 0.200. The Hall–Kier alpha value is -1.71. The van der Waals surface area contributed by atoms with Gasteiger partial charge in [0.1, 0.15) is 5.82 Å². The summed E-state index contributed by atoms with van der Waals surface area (Å²) in [5.74, 6) is -0.254. The van der Waals surface area contributed by atoms with Gasteiger partial charge in [0.15, 0.2) is 0 Å². The molecule has 4 heteroatoms. The minimum absolute atomic E-state index is 0.254. The van der Waals surface area contributed by atoms with Crippen molar-refractivity contribution < 1.29 is 4.39 Å². The Morgan fingerprint density at radius 3 is 3.07 bits per heavy atom. The van der Waals surface area contributed by atoms with E-state index < -0.39 is 0 Å². The van der Waals surface area contributed by atoms with E-state index in [0.717, 1.165) is 16.6 Å². The van der Waals surface area contributed by atoms with Gasteiger partial charge in [0, 0.05) is 12.4 Å². The second kappa shape index (κ2) is 3.21. The highest BCUT2D eigenvalue weighted by Gasteiger charge is 2.07. The minimum atomic E-state index is -0.254. The molecule has 1 heterocycles. The Bertz CT molecular complexity index is 487. The summed E-state index contributed by atoms with van der Waals surface area (Å²) in [6.07, 6.45) is 0. The van der Waals surface area contributed by atoms with Crippen molar-refractivity contribution in [1.82, 2.24) is 9.78 Å². The van der Waals surface area contributed by atoms with Crippen LogP contribution >= 0.6 is 0 Å². The van der Waals surface area contributed by atoms with Gasteiger partial charge in [-0.1, -0.05) is 0 Å². The number of fused-ring (bicyclic) bond motifs is 1. The lowest BCUT2D eigenvalue weighted by atomic mass is 10.2. The van der Waals surface area contributed by atoms with Crippen molar-refractivity contribution in [2.24, 2.45) is 12.0 Å². The first-order valence-electron chi connectivity index (χ1n) is 4.26. The summed E-state index contributed by atoms with van der Waals surface area (Å²) in [6.45, 7) is 3.82. The molecular formula is C10H10FN3. The second-order valence-electron chi connectivity index (χ2n) is 3.11. The van der Waals surface area contributed by atoms with E-state index in [1.165, 1.54) is 12.1 Å². The van der Waals surface area contributed by atoms with Crippen LogP contribution in [-0.4, -0.2) is 16.5 Å². The van der Waals surface area contributed by atoms with Crippen molar-refractivity contribution in [3.05, 3.63) is 29.7 Å². The number of aromatic nitrogens is 2. The highest BCUT2D eigenvalue weighted by Crippen LogP contribution is 2.19. The van der Waals surface area contributed by atoms with Crippen molar-refractivity contribution in [3.8, 4) is 0 Å². The van der Waals surface area contributed by atoms with Gasteiger partial charge in [-0.15, -0.1) is 0 Å². The normalized spacial score (nSPS) is 10.7. The second-order valence-corrected chi connectivity index (χ2v) is 3.11. The maximum atomic E-state index is 13.0. The van der Waals surface area contributed by atoms with E-state index in [1.54, 1.807) is 10.7 Å². The molecule has 0 bridgehead atoms. The molecular weight excluding hydrogens is 181 g/mol. The first-order chi connectivity index (χ1) is 6.72. The fourth-order valence-electron chi connectivity index (χ4n) is 1.53. The number of halogens is 1. The van der Waals surface area contributed by atoms with Crippen molar-refractivity contribution in [1.29, 1.82) is 0 Å². The standard InChI is InChI=1S/C10H10FN3/c1-12-6-9-8-5-7(11)3-4-10(8)14(2)13-9/h3-5H,1,6H2,2H3. The molecule has 14 heavy (non-hydrogen) atoms. The zero-order chi connectivity index (χ0) is 10.1. The smallest absolute Gasteiger partial charge is 0.124 e. The number of nitrogens with zero attached hydrogens (tertiary/aromatic N) is 3. The highest BCUT2D eigenvalue weighted by atomic mass is 19.1. The van der Waals surface area contributed by atoms with E-state index in [9.17, 15) is 4.39 Å². The molecule has 2 aromatic rings. The number of rotatable bonds is 2. The third-order valence-corrected chi connectivity index (χ3v) is 2.15. The van der Waals surface area contributed by atoms with Crippen LogP contribution in [0.2, 0.25) is 0 Å². The number of aliphatic imine (C=N–C) groups is 1. The summed E-state index contributed by atoms with van der Waals surface area (Å²) in [5, 5.41) is 5.04. The molecule has 2 rings (SSSR count). The topological polar surface area (TPSA) is 30.2 Å². The van der Waals surface area contributed by atoms with Gasteiger partial charge in [0.25, 0.3) is 0 Å². The summed E-state index contributed by atoms with van der Waals surface area (Å²) < 4.78 is 14.7. The Morgan fingerprint density at radius 2 is 2.36 bits per heavy atom. The van der Waals surface area contributed by atoms with E-state index in [0.29, 0.717) is 6.54 Å². The van der Waals surface area contributed by atoms with Gasteiger partial charge in [-0.2, -0.15) is 5.10 Å². The van der Waals surface area contributed by atoms with Gasteiger partial charge < -0.3 is 0 Å². The molecule has 0 spiro atoms. The molecule has 1 aromatic carbocycles. The van der Waals surface area contributed by atoms with Crippen LogP contribution in [0, 0.1) is 5.82 Å².